The Labute approximate surface area is 115 Å². The van der Waals surface area contributed by atoms with Gasteiger partial charge in [-0.2, -0.15) is 0 Å². The highest BCUT2D eigenvalue weighted by Gasteiger charge is 2.65. The molecule has 1 aliphatic carbocycles. The minimum Gasteiger partial charge on any atom is -0.370 e. The molecule has 4 nitrogen and oxygen atoms in total. The SMILES string of the molecule is CCNc1ccc(C(=O)NC2C(C)(C)C2(C)C)cn1. The van der Waals surface area contributed by atoms with E-state index in [1.807, 2.05) is 19.1 Å². The first kappa shape index (κ1) is 13.8. The average molecular weight is 261 g/mol. The van der Waals surface area contributed by atoms with Crippen LogP contribution in [0.25, 0.3) is 0 Å². The molecule has 1 aliphatic rings. The van der Waals surface area contributed by atoms with Crippen molar-refractivity contribution in [3.05, 3.63) is 23.9 Å². The maximum Gasteiger partial charge on any atom is 0.253 e. The summed E-state index contributed by atoms with van der Waals surface area (Å²) in [4.78, 5) is 16.4. The van der Waals surface area contributed by atoms with E-state index in [1.165, 1.54) is 0 Å². The molecule has 4 heteroatoms. The molecular formula is C15H23N3O. The van der Waals surface area contributed by atoms with Gasteiger partial charge in [0.05, 0.1) is 5.56 Å². The van der Waals surface area contributed by atoms with Crippen LogP contribution in [0.1, 0.15) is 45.0 Å². The molecule has 1 fully saturated rings. The smallest absolute Gasteiger partial charge is 0.253 e. The van der Waals surface area contributed by atoms with Crippen LogP contribution in [0.5, 0.6) is 0 Å². The van der Waals surface area contributed by atoms with Gasteiger partial charge >= 0.3 is 0 Å². The monoisotopic (exact) mass is 261 g/mol. The summed E-state index contributed by atoms with van der Waals surface area (Å²) >= 11 is 0. The number of carbonyl (C=O) groups is 1. The zero-order valence-corrected chi connectivity index (χ0v) is 12.4. The second kappa shape index (κ2) is 4.51. The fourth-order valence-corrected chi connectivity index (χ4v) is 2.59. The Morgan fingerprint density at radius 3 is 2.32 bits per heavy atom. The average Bonchev–Trinajstić information content (AvgIpc) is 2.73. The molecular weight excluding hydrogens is 238 g/mol. The zero-order chi connectivity index (χ0) is 14.3. The molecule has 0 aliphatic heterocycles. The van der Waals surface area contributed by atoms with Gasteiger partial charge in [0.15, 0.2) is 0 Å². The summed E-state index contributed by atoms with van der Waals surface area (Å²) in [6, 6.07) is 3.87. The molecule has 19 heavy (non-hydrogen) atoms. The van der Waals surface area contributed by atoms with Crippen molar-refractivity contribution in [3.63, 3.8) is 0 Å². The van der Waals surface area contributed by atoms with Gasteiger partial charge < -0.3 is 10.6 Å². The Kier molecular flexibility index (Phi) is 3.29. The quantitative estimate of drug-likeness (QED) is 0.876. The van der Waals surface area contributed by atoms with Gasteiger partial charge in [-0.05, 0) is 29.9 Å². The van der Waals surface area contributed by atoms with Gasteiger partial charge in [-0.3, -0.25) is 4.79 Å². The number of anilines is 1. The number of nitrogens with zero attached hydrogens (tertiary/aromatic N) is 1. The lowest BCUT2D eigenvalue weighted by atomic mass is 10.0. The summed E-state index contributed by atoms with van der Waals surface area (Å²) < 4.78 is 0. The predicted octanol–water partition coefficient (Wildman–Crippen LogP) is 2.68. The highest BCUT2D eigenvalue weighted by atomic mass is 16.1. The Morgan fingerprint density at radius 2 is 1.89 bits per heavy atom. The Hall–Kier alpha value is -1.58. The number of hydrogen-bond acceptors (Lipinski definition) is 3. The summed E-state index contributed by atoms with van der Waals surface area (Å²) in [5.41, 5.74) is 0.916. The van der Waals surface area contributed by atoms with E-state index in [4.69, 9.17) is 0 Å². The topological polar surface area (TPSA) is 54.0 Å². The first-order valence-corrected chi connectivity index (χ1v) is 6.81. The predicted molar refractivity (Wildman–Crippen MR) is 77.2 cm³/mol. The van der Waals surface area contributed by atoms with E-state index in [1.54, 1.807) is 6.20 Å². The molecule has 2 N–H and O–H groups in total. The molecule has 0 atom stereocenters. The second-order valence-electron chi connectivity index (χ2n) is 6.31. The molecule has 0 spiro atoms. The van der Waals surface area contributed by atoms with Crippen LogP contribution in [0.2, 0.25) is 0 Å². The molecule has 1 aromatic rings. The number of hydrogen-bond donors (Lipinski definition) is 2. The third kappa shape index (κ3) is 2.31. The van der Waals surface area contributed by atoms with Crippen LogP contribution in [0.15, 0.2) is 18.3 Å². The van der Waals surface area contributed by atoms with E-state index < -0.39 is 0 Å². The third-order valence-electron chi connectivity index (χ3n) is 4.68. The van der Waals surface area contributed by atoms with Crippen LogP contribution >= 0.6 is 0 Å². The van der Waals surface area contributed by atoms with Gasteiger partial charge in [-0.1, -0.05) is 27.7 Å². The van der Waals surface area contributed by atoms with Gasteiger partial charge in [0, 0.05) is 18.8 Å². The molecule has 1 amide bonds. The zero-order valence-electron chi connectivity index (χ0n) is 12.4. The molecule has 0 saturated heterocycles. The number of carbonyl (C=O) groups excluding carboxylic acids is 1. The fourth-order valence-electron chi connectivity index (χ4n) is 2.59. The first-order valence-electron chi connectivity index (χ1n) is 6.81. The van der Waals surface area contributed by atoms with Crippen molar-refractivity contribution in [1.82, 2.24) is 10.3 Å². The van der Waals surface area contributed by atoms with Crippen molar-refractivity contribution in [2.24, 2.45) is 10.8 Å². The number of aromatic nitrogens is 1. The van der Waals surface area contributed by atoms with Crippen molar-refractivity contribution >= 4 is 11.7 Å². The normalized spacial score (nSPS) is 19.8. The lowest BCUT2D eigenvalue weighted by molar-refractivity contribution is 0.0943. The van der Waals surface area contributed by atoms with Gasteiger partial charge in [-0.15, -0.1) is 0 Å². The van der Waals surface area contributed by atoms with Crippen molar-refractivity contribution in [2.75, 3.05) is 11.9 Å². The second-order valence-corrected chi connectivity index (χ2v) is 6.31. The van der Waals surface area contributed by atoms with Crippen molar-refractivity contribution in [1.29, 1.82) is 0 Å². The van der Waals surface area contributed by atoms with Crippen LogP contribution in [0.3, 0.4) is 0 Å². The summed E-state index contributed by atoms with van der Waals surface area (Å²) in [5.74, 6) is 0.755. The largest absolute Gasteiger partial charge is 0.370 e. The molecule has 2 rings (SSSR count). The molecule has 1 saturated carbocycles. The first-order chi connectivity index (χ1) is 8.80. The summed E-state index contributed by atoms with van der Waals surface area (Å²) in [5, 5.41) is 6.21. The van der Waals surface area contributed by atoms with Crippen molar-refractivity contribution in [2.45, 2.75) is 40.7 Å². The Bertz CT molecular complexity index is 463. The van der Waals surface area contributed by atoms with E-state index in [9.17, 15) is 4.79 Å². The van der Waals surface area contributed by atoms with Gasteiger partial charge in [-0.25, -0.2) is 4.98 Å². The molecule has 1 heterocycles. The standard InChI is InChI=1S/C15H23N3O/c1-6-16-11-8-7-10(9-17-11)12(19)18-13-14(2,3)15(13,4)5/h7-9,13H,6H2,1-5H3,(H,16,17)(H,18,19). The number of pyridine rings is 1. The van der Waals surface area contributed by atoms with Gasteiger partial charge in [0.1, 0.15) is 5.82 Å². The van der Waals surface area contributed by atoms with Crippen LogP contribution < -0.4 is 10.6 Å². The lowest BCUT2D eigenvalue weighted by Crippen LogP contribution is -2.29. The minimum atomic E-state index is -0.0424. The number of rotatable bonds is 4. The molecule has 1 aromatic heterocycles. The van der Waals surface area contributed by atoms with E-state index in [0.717, 1.165) is 12.4 Å². The van der Waals surface area contributed by atoms with Crippen LogP contribution in [-0.4, -0.2) is 23.5 Å². The van der Waals surface area contributed by atoms with E-state index in [0.29, 0.717) is 5.56 Å². The van der Waals surface area contributed by atoms with Crippen LogP contribution in [0, 0.1) is 10.8 Å². The number of amides is 1. The van der Waals surface area contributed by atoms with Crippen molar-refractivity contribution < 1.29 is 4.79 Å². The Morgan fingerprint density at radius 1 is 1.26 bits per heavy atom. The fraction of sp³-hybridized carbons (Fsp3) is 0.600. The maximum absolute atomic E-state index is 12.2. The van der Waals surface area contributed by atoms with Crippen LogP contribution in [-0.2, 0) is 0 Å². The van der Waals surface area contributed by atoms with Crippen molar-refractivity contribution in [3.8, 4) is 0 Å². The molecule has 0 unspecified atom stereocenters. The van der Waals surface area contributed by atoms with E-state index >= 15 is 0 Å². The number of nitrogens with one attached hydrogen (secondary N) is 2. The van der Waals surface area contributed by atoms with Gasteiger partial charge in [0.2, 0.25) is 0 Å². The molecule has 0 bridgehead atoms. The van der Waals surface area contributed by atoms with Crippen LogP contribution in [0.4, 0.5) is 5.82 Å². The van der Waals surface area contributed by atoms with E-state index in [2.05, 4.69) is 43.3 Å². The third-order valence-corrected chi connectivity index (χ3v) is 4.68. The molecule has 0 aromatic carbocycles. The summed E-state index contributed by atoms with van der Waals surface area (Å²) in [6.45, 7) is 11.6. The summed E-state index contributed by atoms with van der Waals surface area (Å²) in [7, 11) is 0. The van der Waals surface area contributed by atoms with E-state index in [-0.39, 0.29) is 22.8 Å². The Balaban J connectivity index is 2.02. The highest BCUT2D eigenvalue weighted by molar-refractivity contribution is 5.94. The molecule has 104 valence electrons. The molecule has 0 radical (unpaired) electrons. The maximum atomic E-state index is 12.2. The lowest BCUT2D eigenvalue weighted by Gasteiger charge is -2.07. The minimum absolute atomic E-state index is 0.0424. The summed E-state index contributed by atoms with van der Waals surface area (Å²) in [6.07, 6.45) is 1.62. The highest BCUT2D eigenvalue weighted by Crippen LogP contribution is 2.62. The van der Waals surface area contributed by atoms with Gasteiger partial charge in [0.25, 0.3) is 5.91 Å².